The first-order chi connectivity index (χ1) is 10.3. The molecule has 122 valence electrons. The lowest BCUT2D eigenvalue weighted by Crippen LogP contribution is -2.17. The normalized spacial score (nSPS) is 10.7. The van der Waals surface area contributed by atoms with Crippen molar-refractivity contribution in [1.82, 2.24) is 0 Å². The van der Waals surface area contributed by atoms with Crippen LogP contribution in [-0.2, 0) is 9.59 Å². The van der Waals surface area contributed by atoms with Gasteiger partial charge in [0.25, 0.3) is 0 Å². The number of rotatable bonds is 8. The summed E-state index contributed by atoms with van der Waals surface area (Å²) in [5.74, 6) is 0.679. The second-order valence-electron chi connectivity index (χ2n) is 5.42. The molecule has 6 heteroatoms. The largest absolute Gasteiger partial charge is 0.491 e. The number of alkyl halides is 1. The maximum Gasteiger partial charge on any atom is 0.231 e. The summed E-state index contributed by atoms with van der Waals surface area (Å²) in [5, 5.41) is 2.86. The molecule has 1 amide bonds. The van der Waals surface area contributed by atoms with Crippen LogP contribution in [0.5, 0.6) is 11.5 Å². The second kappa shape index (κ2) is 8.78. The summed E-state index contributed by atoms with van der Waals surface area (Å²) in [7, 11) is 0. The first kappa shape index (κ1) is 18.5. The van der Waals surface area contributed by atoms with Gasteiger partial charge < -0.3 is 14.8 Å². The van der Waals surface area contributed by atoms with E-state index in [-0.39, 0.29) is 35.6 Å². The van der Waals surface area contributed by atoms with Crippen LogP contribution in [0.3, 0.4) is 0 Å². The van der Waals surface area contributed by atoms with Gasteiger partial charge in [0, 0.05) is 23.9 Å². The van der Waals surface area contributed by atoms with E-state index in [4.69, 9.17) is 9.47 Å². The van der Waals surface area contributed by atoms with Gasteiger partial charge in [0.05, 0.1) is 24.0 Å². The topological polar surface area (TPSA) is 64.6 Å². The smallest absolute Gasteiger partial charge is 0.231 e. The predicted octanol–water partition coefficient (Wildman–Crippen LogP) is 3.55. The lowest BCUT2D eigenvalue weighted by atomic mass is 10.2. The van der Waals surface area contributed by atoms with Crippen molar-refractivity contribution in [3.05, 3.63) is 18.2 Å². The van der Waals surface area contributed by atoms with Crippen molar-refractivity contribution in [2.75, 3.05) is 10.6 Å². The molecule has 0 aliphatic carbocycles. The van der Waals surface area contributed by atoms with Crippen LogP contribution in [0.1, 0.15) is 34.1 Å². The maximum absolute atomic E-state index is 11.8. The predicted molar refractivity (Wildman–Crippen MR) is 90.0 cm³/mol. The first-order valence-electron chi connectivity index (χ1n) is 7.16. The number of ketones is 1. The molecule has 1 aromatic carbocycles. The zero-order valence-electron chi connectivity index (χ0n) is 13.3. The molecule has 22 heavy (non-hydrogen) atoms. The quantitative estimate of drug-likeness (QED) is 0.560. The number of carbonyl (C=O) groups excluding carboxylic acids is 2. The van der Waals surface area contributed by atoms with Gasteiger partial charge in [-0.15, -0.1) is 0 Å². The zero-order valence-corrected chi connectivity index (χ0v) is 14.9. The van der Waals surface area contributed by atoms with Gasteiger partial charge in [-0.05, 0) is 27.7 Å². The summed E-state index contributed by atoms with van der Waals surface area (Å²) in [4.78, 5) is 23.1. The summed E-state index contributed by atoms with van der Waals surface area (Å²) in [5.41, 5.74) is 0.543. The van der Waals surface area contributed by atoms with E-state index in [0.29, 0.717) is 17.2 Å². The molecule has 0 saturated carbocycles. The number of amides is 1. The number of anilines is 1. The number of hydrogen-bond donors (Lipinski definition) is 1. The Morgan fingerprint density at radius 3 is 1.95 bits per heavy atom. The maximum atomic E-state index is 11.8. The van der Waals surface area contributed by atoms with Crippen LogP contribution < -0.4 is 14.8 Å². The molecule has 1 rings (SSSR count). The van der Waals surface area contributed by atoms with E-state index in [1.54, 1.807) is 18.2 Å². The highest BCUT2D eigenvalue weighted by Gasteiger charge is 2.11. The molecule has 0 unspecified atom stereocenters. The van der Waals surface area contributed by atoms with Gasteiger partial charge in [0.2, 0.25) is 5.91 Å². The van der Waals surface area contributed by atoms with Crippen LogP contribution in [0, 0.1) is 0 Å². The molecule has 0 atom stereocenters. The van der Waals surface area contributed by atoms with Crippen LogP contribution in [-0.4, -0.2) is 29.2 Å². The standard InChI is InChI=1S/C16H22BrNO4/c1-10(2)21-14-5-12(6-15(8-14)22-11(3)4)18-16(20)7-13(19)9-17/h5-6,8,10-11H,7,9H2,1-4H3,(H,18,20). The molecule has 0 spiro atoms. The summed E-state index contributed by atoms with van der Waals surface area (Å²) in [6.07, 6.45) is -0.151. The average Bonchev–Trinajstić information content (AvgIpc) is 2.36. The fourth-order valence-electron chi connectivity index (χ4n) is 1.76. The SMILES string of the molecule is CC(C)Oc1cc(NC(=O)CC(=O)CBr)cc(OC(C)C)c1. The molecule has 0 aromatic heterocycles. The van der Waals surface area contributed by atoms with E-state index in [9.17, 15) is 9.59 Å². The monoisotopic (exact) mass is 371 g/mol. The molecule has 5 nitrogen and oxygen atoms in total. The number of Topliss-reactive ketones (excluding diaryl/α,β-unsaturated/α-hetero) is 1. The molecule has 1 N–H and O–H groups in total. The van der Waals surface area contributed by atoms with E-state index in [1.807, 2.05) is 27.7 Å². The molecule has 0 aliphatic rings. The number of benzene rings is 1. The van der Waals surface area contributed by atoms with Gasteiger partial charge in [-0.1, -0.05) is 15.9 Å². The first-order valence-corrected chi connectivity index (χ1v) is 8.28. The van der Waals surface area contributed by atoms with Gasteiger partial charge in [-0.25, -0.2) is 0 Å². The van der Waals surface area contributed by atoms with Crippen molar-refractivity contribution in [2.45, 2.75) is 46.3 Å². The van der Waals surface area contributed by atoms with Gasteiger partial charge in [-0.3, -0.25) is 9.59 Å². The van der Waals surface area contributed by atoms with Crippen molar-refractivity contribution < 1.29 is 19.1 Å². The van der Waals surface area contributed by atoms with Crippen LogP contribution in [0.2, 0.25) is 0 Å². The number of hydrogen-bond acceptors (Lipinski definition) is 4. The third-order valence-corrected chi connectivity index (χ3v) is 3.04. The Bertz CT molecular complexity index is 501. The average molecular weight is 372 g/mol. The highest BCUT2D eigenvalue weighted by Crippen LogP contribution is 2.28. The molecule has 0 radical (unpaired) electrons. The van der Waals surface area contributed by atoms with Crippen LogP contribution >= 0.6 is 15.9 Å². The number of carbonyl (C=O) groups is 2. The molecular formula is C16H22BrNO4. The molecule has 0 aliphatic heterocycles. The van der Waals surface area contributed by atoms with Crippen molar-refractivity contribution in [1.29, 1.82) is 0 Å². The Balaban J connectivity index is 2.91. The van der Waals surface area contributed by atoms with Crippen LogP contribution in [0.4, 0.5) is 5.69 Å². The third kappa shape index (κ3) is 6.93. The Labute approximate surface area is 139 Å². The van der Waals surface area contributed by atoms with Crippen molar-refractivity contribution in [2.24, 2.45) is 0 Å². The highest BCUT2D eigenvalue weighted by molar-refractivity contribution is 9.09. The minimum Gasteiger partial charge on any atom is -0.491 e. The Morgan fingerprint density at radius 2 is 1.55 bits per heavy atom. The fraction of sp³-hybridized carbons (Fsp3) is 0.500. The zero-order chi connectivity index (χ0) is 16.7. The van der Waals surface area contributed by atoms with Gasteiger partial charge in [-0.2, -0.15) is 0 Å². The van der Waals surface area contributed by atoms with E-state index >= 15 is 0 Å². The summed E-state index contributed by atoms with van der Waals surface area (Å²) < 4.78 is 11.3. The molecule has 0 fully saturated rings. The highest BCUT2D eigenvalue weighted by atomic mass is 79.9. The molecule has 1 aromatic rings. The molecular weight excluding hydrogens is 350 g/mol. The van der Waals surface area contributed by atoms with Crippen LogP contribution in [0.15, 0.2) is 18.2 Å². The Hall–Kier alpha value is -1.56. The van der Waals surface area contributed by atoms with Crippen molar-refractivity contribution in [3.8, 4) is 11.5 Å². The van der Waals surface area contributed by atoms with Crippen molar-refractivity contribution >= 4 is 33.3 Å². The molecule has 0 heterocycles. The third-order valence-electron chi connectivity index (χ3n) is 2.41. The fourth-order valence-corrected chi connectivity index (χ4v) is 1.95. The second-order valence-corrected chi connectivity index (χ2v) is 5.98. The van der Waals surface area contributed by atoms with Crippen LogP contribution in [0.25, 0.3) is 0 Å². The minimum absolute atomic E-state index is 0.00725. The van der Waals surface area contributed by atoms with Crippen molar-refractivity contribution in [3.63, 3.8) is 0 Å². The Kier molecular flexibility index (Phi) is 7.38. The van der Waals surface area contributed by atoms with Gasteiger partial charge in [0.15, 0.2) is 5.78 Å². The summed E-state index contributed by atoms with van der Waals surface area (Å²) in [6, 6.07) is 5.20. The lowest BCUT2D eigenvalue weighted by Gasteiger charge is -2.16. The summed E-state index contributed by atoms with van der Waals surface area (Å²) in [6.45, 7) is 7.68. The van der Waals surface area contributed by atoms with Gasteiger partial charge >= 0.3 is 0 Å². The number of nitrogens with one attached hydrogen (secondary N) is 1. The minimum atomic E-state index is -0.360. The number of halogens is 1. The van der Waals surface area contributed by atoms with E-state index < -0.39 is 0 Å². The Morgan fingerprint density at radius 1 is 1.05 bits per heavy atom. The van der Waals surface area contributed by atoms with Gasteiger partial charge in [0.1, 0.15) is 11.5 Å². The summed E-state index contributed by atoms with van der Waals surface area (Å²) >= 11 is 3.04. The molecule has 0 saturated heterocycles. The lowest BCUT2D eigenvalue weighted by molar-refractivity contribution is -0.123. The van der Waals surface area contributed by atoms with E-state index in [0.717, 1.165) is 0 Å². The molecule has 0 bridgehead atoms. The van der Waals surface area contributed by atoms with E-state index in [2.05, 4.69) is 21.2 Å². The van der Waals surface area contributed by atoms with E-state index in [1.165, 1.54) is 0 Å². The number of ether oxygens (including phenoxy) is 2.